The summed E-state index contributed by atoms with van der Waals surface area (Å²) in [6, 6.07) is 12.4. The van der Waals surface area contributed by atoms with Gasteiger partial charge in [0.05, 0.1) is 6.54 Å². The maximum atomic E-state index is 12.9. The number of carbonyl (C=O) groups is 1. The molecule has 0 fully saturated rings. The van der Waals surface area contributed by atoms with Crippen molar-refractivity contribution < 1.29 is 13.6 Å². The summed E-state index contributed by atoms with van der Waals surface area (Å²) in [5.74, 6) is -2.27. The molecule has 0 aliphatic rings. The van der Waals surface area contributed by atoms with Crippen LogP contribution in [0.25, 0.3) is 0 Å². The van der Waals surface area contributed by atoms with E-state index in [0.29, 0.717) is 0 Å². The molecule has 0 heterocycles. The molecule has 1 amide bonds. The van der Waals surface area contributed by atoms with Gasteiger partial charge in [-0.1, -0.05) is 18.2 Å². The van der Waals surface area contributed by atoms with E-state index in [2.05, 4.69) is 10.6 Å². The molecule has 0 aliphatic heterocycles. The van der Waals surface area contributed by atoms with Gasteiger partial charge < -0.3 is 10.6 Å². The summed E-state index contributed by atoms with van der Waals surface area (Å²) in [4.78, 5) is 11.6. The van der Waals surface area contributed by atoms with Crippen molar-refractivity contribution >= 4 is 17.3 Å². The van der Waals surface area contributed by atoms with E-state index >= 15 is 0 Å². The Morgan fingerprint density at radius 2 is 1.68 bits per heavy atom. The third kappa shape index (κ3) is 3.77. The SMILES string of the molecule is O=C(CNc1ccccc1)Nc1ccc(F)c(F)c1. The van der Waals surface area contributed by atoms with E-state index in [1.54, 1.807) is 0 Å². The number of halogens is 2. The number of rotatable bonds is 4. The van der Waals surface area contributed by atoms with Crippen LogP contribution in [-0.4, -0.2) is 12.5 Å². The number of carbonyl (C=O) groups excluding carboxylic acids is 1. The smallest absolute Gasteiger partial charge is 0.243 e. The van der Waals surface area contributed by atoms with Gasteiger partial charge in [0.1, 0.15) is 0 Å². The van der Waals surface area contributed by atoms with Crippen LogP contribution >= 0.6 is 0 Å². The quantitative estimate of drug-likeness (QED) is 0.889. The van der Waals surface area contributed by atoms with Crippen LogP contribution < -0.4 is 10.6 Å². The normalized spacial score (nSPS) is 10.0. The molecule has 2 aromatic carbocycles. The minimum atomic E-state index is -0.992. The second kappa shape index (κ2) is 5.95. The highest BCUT2D eigenvalue weighted by Crippen LogP contribution is 2.13. The maximum absolute atomic E-state index is 12.9. The maximum Gasteiger partial charge on any atom is 0.243 e. The van der Waals surface area contributed by atoms with E-state index in [-0.39, 0.29) is 18.1 Å². The van der Waals surface area contributed by atoms with Crippen molar-refractivity contribution in [2.24, 2.45) is 0 Å². The fraction of sp³-hybridized carbons (Fsp3) is 0.0714. The lowest BCUT2D eigenvalue weighted by molar-refractivity contribution is -0.114. The lowest BCUT2D eigenvalue weighted by Crippen LogP contribution is -2.21. The van der Waals surface area contributed by atoms with Crippen molar-refractivity contribution in [3.8, 4) is 0 Å². The molecule has 2 N–H and O–H groups in total. The second-order valence-electron chi connectivity index (χ2n) is 3.90. The van der Waals surface area contributed by atoms with Crippen molar-refractivity contribution in [3.05, 3.63) is 60.2 Å². The first-order chi connectivity index (χ1) is 9.15. The van der Waals surface area contributed by atoms with Gasteiger partial charge in [-0.15, -0.1) is 0 Å². The molecule has 0 unspecified atom stereocenters. The van der Waals surface area contributed by atoms with Crippen molar-refractivity contribution in [2.75, 3.05) is 17.2 Å². The zero-order valence-electron chi connectivity index (χ0n) is 9.99. The molecule has 19 heavy (non-hydrogen) atoms. The Morgan fingerprint density at radius 3 is 2.37 bits per heavy atom. The van der Waals surface area contributed by atoms with E-state index in [0.717, 1.165) is 17.8 Å². The molecule has 2 aromatic rings. The zero-order valence-corrected chi connectivity index (χ0v) is 9.99. The van der Waals surface area contributed by atoms with Gasteiger partial charge in [-0.05, 0) is 24.3 Å². The van der Waals surface area contributed by atoms with Crippen molar-refractivity contribution in [1.29, 1.82) is 0 Å². The summed E-state index contributed by atoms with van der Waals surface area (Å²) in [6.45, 7) is 0.0447. The van der Waals surface area contributed by atoms with Crippen LogP contribution in [-0.2, 0) is 4.79 Å². The second-order valence-corrected chi connectivity index (χ2v) is 3.90. The Kier molecular flexibility index (Phi) is 4.07. The molecular weight excluding hydrogens is 250 g/mol. The van der Waals surface area contributed by atoms with Crippen molar-refractivity contribution in [2.45, 2.75) is 0 Å². The first-order valence-electron chi connectivity index (χ1n) is 5.69. The monoisotopic (exact) mass is 262 g/mol. The fourth-order valence-corrected chi connectivity index (χ4v) is 1.52. The molecule has 5 heteroatoms. The summed E-state index contributed by atoms with van der Waals surface area (Å²) < 4.78 is 25.6. The summed E-state index contributed by atoms with van der Waals surface area (Å²) in [5, 5.41) is 5.38. The number of hydrogen-bond acceptors (Lipinski definition) is 2. The first kappa shape index (κ1) is 13.0. The third-order valence-corrected chi connectivity index (χ3v) is 2.43. The van der Waals surface area contributed by atoms with E-state index < -0.39 is 11.6 Å². The highest BCUT2D eigenvalue weighted by molar-refractivity contribution is 5.93. The summed E-state index contributed by atoms with van der Waals surface area (Å²) in [7, 11) is 0. The fourth-order valence-electron chi connectivity index (χ4n) is 1.52. The molecule has 0 aromatic heterocycles. The topological polar surface area (TPSA) is 41.1 Å². The minimum Gasteiger partial charge on any atom is -0.376 e. The molecule has 3 nitrogen and oxygen atoms in total. The number of benzene rings is 2. The number of amides is 1. The van der Waals surface area contributed by atoms with Crippen LogP contribution in [0.1, 0.15) is 0 Å². The van der Waals surface area contributed by atoms with Crippen LogP contribution in [0.5, 0.6) is 0 Å². The van der Waals surface area contributed by atoms with Crippen LogP contribution in [0.3, 0.4) is 0 Å². The Balaban J connectivity index is 1.89. The Hall–Kier alpha value is -2.43. The molecule has 0 spiro atoms. The lowest BCUT2D eigenvalue weighted by Gasteiger charge is -2.07. The van der Waals surface area contributed by atoms with Crippen LogP contribution in [0.2, 0.25) is 0 Å². The number of anilines is 2. The predicted molar refractivity (Wildman–Crippen MR) is 69.9 cm³/mol. The van der Waals surface area contributed by atoms with Crippen molar-refractivity contribution in [1.82, 2.24) is 0 Å². The Bertz CT molecular complexity index is 573. The lowest BCUT2D eigenvalue weighted by atomic mass is 10.3. The highest BCUT2D eigenvalue weighted by atomic mass is 19.2. The average Bonchev–Trinajstić information content (AvgIpc) is 2.42. The highest BCUT2D eigenvalue weighted by Gasteiger charge is 2.05. The van der Waals surface area contributed by atoms with Gasteiger partial charge in [-0.25, -0.2) is 8.78 Å². The summed E-state index contributed by atoms with van der Waals surface area (Å²) in [5.41, 5.74) is 1.03. The number of nitrogens with one attached hydrogen (secondary N) is 2. The van der Waals surface area contributed by atoms with E-state index in [9.17, 15) is 13.6 Å². The molecule has 98 valence electrons. The van der Waals surface area contributed by atoms with E-state index in [4.69, 9.17) is 0 Å². The van der Waals surface area contributed by atoms with Crippen LogP contribution in [0.4, 0.5) is 20.2 Å². The molecule has 0 saturated heterocycles. The van der Waals surface area contributed by atoms with Gasteiger partial charge in [0.15, 0.2) is 11.6 Å². The predicted octanol–water partition coefficient (Wildman–Crippen LogP) is 3.02. The average molecular weight is 262 g/mol. The van der Waals surface area contributed by atoms with Gasteiger partial charge >= 0.3 is 0 Å². The van der Waals surface area contributed by atoms with Gasteiger partial charge in [0.25, 0.3) is 0 Å². The first-order valence-corrected chi connectivity index (χ1v) is 5.69. The molecule has 0 radical (unpaired) electrons. The largest absolute Gasteiger partial charge is 0.376 e. The third-order valence-electron chi connectivity index (χ3n) is 2.43. The number of hydrogen-bond donors (Lipinski definition) is 2. The van der Waals surface area contributed by atoms with Gasteiger partial charge in [-0.3, -0.25) is 4.79 Å². The molecule has 0 aliphatic carbocycles. The Morgan fingerprint density at radius 1 is 0.947 bits per heavy atom. The van der Waals surface area contributed by atoms with Crippen LogP contribution in [0.15, 0.2) is 48.5 Å². The molecule has 0 saturated carbocycles. The number of para-hydroxylation sites is 1. The molecule has 0 atom stereocenters. The molecular formula is C14H12F2N2O. The van der Waals surface area contributed by atoms with Gasteiger partial charge in [-0.2, -0.15) is 0 Å². The van der Waals surface area contributed by atoms with Crippen LogP contribution in [0, 0.1) is 11.6 Å². The van der Waals surface area contributed by atoms with E-state index in [1.807, 2.05) is 30.3 Å². The summed E-state index contributed by atoms with van der Waals surface area (Å²) in [6.07, 6.45) is 0. The standard InChI is InChI=1S/C14H12F2N2O/c15-12-7-6-11(8-13(12)16)18-14(19)9-17-10-4-2-1-3-5-10/h1-8,17H,9H2,(H,18,19). The molecule has 0 bridgehead atoms. The molecule has 2 rings (SSSR count). The zero-order chi connectivity index (χ0) is 13.7. The summed E-state index contributed by atoms with van der Waals surface area (Å²) >= 11 is 0. The Labute approximate surface area is 109 Å². The van der Waals surface area contributed by atoms with E-state index in [1.165, 1.54) is 6.07 Å². The minimum absolute atomic E-state index is 0.0447. The van der Waals surface area contributed by atoms with Crippen molar-refractivity contribution in [3.63, 3.8) is 0 Å². The van der Waals surface area contributed by atoms with Gasteiger partial charge in [0.2, 0.25) is 5.91 Å². The van der Waals surface area contributed by atoms with Gasteiger partial charge in [0, 0.05) is 17.4 Å².